The number of carboxylic acids is 1. The zero-order valence-corrected chi connectivity index (χ0v) is 9.76. The van der Waals surface area contributed by atoms with Crippen molar-refractivity contribution in [2.75, 3.05) is 13.1 Å². The maximum absolute atomic E-state index is 11.9. The summed E-state index contributed by atoms with van der Waals surface area (Å²) in [7, 11) is 0. The van der Waals surface area contributed by atoms with Crippen LogP contribution >= 0.6 is 0 Å². The summed E-state index contributed by atoms with van der Waals surface area (Å²) in [6.45, 7) is 1.40. The molecule has 2 atom stereocenters. The summed E-state index contributed by atoms with van der Waals surface area (Å²) in [6.07, 6.45) is 6.95. The Kier molecular flexibility index (Phi) is 3.66. The molecule has 0 spiro atoms. The number of amides is 2. The predicted molar refractivity (Wildman–Crippen MR) is 62.6 cm³/mol. The van der Waals surface area contributed by atoms with Crippen LogP contribution in [0.4, 0.5) is 4.79 Å². The molecule has 2 aliphatic rings. The quantitative estimate of drug-likeness (QED) is 0.710. The van der Waals surface area contributed by atoms with E-state index in [4.69, 9.17) is 5.11 Å². The number of aliphatic carboxylic acids is 1. The van der Waals surface area contributed by atoms with Crippen LogP contribution in [0, 0.1) is 5.92 Å². The molecule has 2 unspecified atom stereocenters. The van der Waals surface area contributed by atoms with Gasteiger partial charge in [0.05, 0.1) is 5.92 Å². The van der Waals surface area contributed by atoms with Crippen LogP contribution in [0.2, 0.25) is 0 Å². The fraction of sp³-hybridized carbons (Fsp3) is 0.667. The summed E-state index contributed by atoms with van der Waals surface area (Å²) < 4.78 is 0. The summed E-state index contributed by atoms with van der Waals surface area (Å²) in [4.78, 5) is 24.4. The zero-order chi connectivity index (χ0) is 12.3. The van der Waals surface area contributed by atoms with Gasteiger partial charge in [0.2, 0.25) is 0 Å². The first-order chi connectivity index (χ1) is 8.16. The van der Waals surface area contributed by atoms with Crippen LogP contribution < -0.4 is 5.32 Å². The molecule has 1 heterocycles. The molecule has 2 rings (SSSR count). The molecular weight excluding hydrogens is 220 g/mol. The number of carbonyl (C=O) groups is 2. The average molecular weight is 238 g/mol. The molecule has 0 aromatic carbocycles. The lowest BCUT2D eigenvalue weighted by Gasteiger charge is -2.25. The van der Waals surface area contributed by atoms with Gasteiger partial charge in [-0.25, -0.2) is 4.79 Å². The van der Waals surface area contributed by atoms with Gasteiger partial charge in [0, 0.05) is 19.1 Å². The summed E-state index contributed by atoms with van der Waals surface area (Å²) in [5.74, 6) is -1.04. The molecule has 1 saturated carbocycles. The first-order valence-corrected chi connectivity index (χ1v) is 6.10. The highest BCUT2D eigenvalue weighted by Gasteiger charge is 2.31. The van der Waals surface area contributed by atoms with Crippen molar-refractivity contribution >= 4 is 12.0 Å². The Labute approximate surface area is 100 Å². The highest BCUT2D eigenvalue weighted by Crippen LogP contribution is 2.25. The second-order valence-corrected chi connectivity index (χ2v) is 4.70. The van der Waals surface area contributed by atoms with Gasteiger partial charge < -0.3 is 15.3 Å². The van der Waals surface area contributed by atoms with Gasteiger partial charge in [0.15, 0.2) is 0 Å². The number of urea groups is 1. The molecule has 1 fully saturated rings. The van der Waals surface area contributed by atoms with Gasteiger partial charge >= 0.3 is 12.0 Å². The lowest BCUT2D eigenvalue weighted by molar-refractivity contribution is -0.141. The van der Waals surface area contributed by atoms with E-state index < -0.39 is 5.97 Å². The SMILES string of the molecule is O=C(O)C1CCC(NC(=O)N2CC=CCC2)C1. The molecule has 0 radical (unpaired) electrons. The smallest absolute Gasteiger partial charge is 0.317 e. The van der Waals surface area contributed by atoms with Crippen molar-refractivity contribution in [3.63, 3.8) is 0 Å². The average Bonchev–Trinajstić information content (AvgIpc) is 2.79. The summed E-state index contributed by atoms with van der Waals surface area (Å²) in [5, 5.41) is 11.8. The highest BCUT2D eigenvalue weighted by molar-refractivity contribution is 5.75. The van der Waals surface area contributed by atoms with E-state index in [9.17, 15) is 9.59 Å². The van der Waals surface area contributed by atoms with Crippen molar-refractivity contribution in [3.05, 3.63) is 12.2 Å². The third-order valence-corrected chi connectivity index (χ3v) is 3.45. The van der Waals surface area contributed by atoms with E-state index in [2.05, 4.69) is 11.4 Å². The maximum Gasteiger partial charge on any atom is 0.317 e. The van der Waals surface area contributed by atoms with Crippen molar-refractivity contribution < 1.29 is 14.7 Å². The molecule has 17 heavy (non-hydrogen) atoms. The number of hydrogen-bond donors (Lipinski definition) is 2. The van der Waals surface area contributed by atoms with Gasteiger partial charge in [-0.2, -0.15) is 0 Å². The van der Waals surface area contributed by atoms with E-state index in [0.717, 1.165) is 19.4 Å². The fourth-order valence-electron chi connectivity index (χ4n) is 2.43. The molecule has 5 heteroatoms. The Morgan fingerprint density at radius 3 is 2.71 bits per heavy atom. The van der Waals surface area contributed by atoms with Gasteiger partial charge in [-0.15, -0.1) is 0 Å². The number of rotatable bonds is 2. The Morgan fingerprint density at radius 2 is 2.12 bits per heavy atom. The van der Waals surface area contributed by atoms with E-state index in [1.165, 1.54) is 0 Å². The van der Waals surface area contributed by atoms with E-state index in [1.54, 1.807) is 4.90 Å². The number of carbonyl (C=O) groups excluding carboxylic acids is 1. The maximum atomic E-state index is 11.9. The van der Waals surface area contributed by atoms with E-state index in [1.807, 2.05) is 6.08 Å². The zero-order valence-electron chi connectivity index (χ0n) is 9.76. The summed E-state index contributed by atoms with van der Waals surface area (Å²) in [5.41, 5.74) is 0. The van der Waals surface area contributed by atoms with E-state index in [-0.39, 0.29) is 18.0 Å². The third-order valence-electron chi connectivity index (χ3n) is 3.45. The number of hydrogen-bond acceptors (Lipinski definition) is 2. The normalized spacial score (nSPS) is 28.1. The molecule has 1 aliphatic carbocycles. The summed E-state index contributed by atoms with van der Waals surface area (Å²) in [6, 6.07) is -0.0418. The molecule has 2 N–H and O–H groups in total. The van der Waals surface area contributed by atoms with Gasteiger partial charge in [-0.3, -0.25) is 4.79 Å². The number of carboxylic acid groups (broad SMARTS) is 1. The minimum atomic E-state index is -0.748. The minimum absolute atomic E-state index is 0.0227. The fourth-order valence-corrected chi connectivity index (χ4v) is 2.43. The molecule has 0 aromatic rings. The first kappa shape index (κ1) is 12.0. The second-order valence-electron chi connectivity index (χ2n) is 4.70. The van der Waals surface area contributed by atoms with Crippen molar-refractivity contribution in [2.45, 2.75) is 31.7 Å². The molecule has 0 saturated heterocycles. The Morgan fingerprint density at radius 1 is 1.29 bits per heavy atom. The van der Waals surface area contributed by atoms with Crippen LogP contribution in [0.5, 0.6) is 0 Å². The van der Waals surface area contributed by atoms with Crippen LogP contribution in [-0.4, -0.2) is 41.1 Å². The van der Waals surface area contributed by atoms with Crippen molar-refractivity contribution in [2.24, 2.45) is 5.92 Å². The Balaban J connectivity index is 1.79. The largest absolute Gasteiger partial charge is 0.481 e. The molecular formula is C12H18N2O3. The predicted octanol–water partition coefficient (Wildman–Crippen LogP) is 1.21. The van der Waals surface area contributed by atoms with Crippen molar-refractivity contribution in [1.29, 1.82) is 0 Å². The molecule has 5 nitrogen and oxygen atoms in total. The topological polar surface area (TPSA) is 69.6 Å². The second kappa shape index (κ2) is 5.21. The first-order valence-electron chi connectivity index (χ1n) is 6.10. The lowest BCUT2D eigenvalue weighted by Crippen LogP contribution is -2.45. The van der Waals surface area contributed by atoms with Gasteiger partial charge in [0.25, 0.3) is 0 Å². The van der Waals surface area contributed by atoms with Gasteiger partial charge in [-0.1, -0.05) is 12.2 Å². The number of nitrogens with zero attached hydrogens (tertiary/aromatic N) is 1. The minimum Gasteiger partial charge on any atom is -0.481 e. The van der Waals surface area contributed by atoms with Gasteiger partial charge in [0.1, 0.15) is 0 Å². The number of nitrogens with one attached hydrogen (secondary N) is 1. The Hall–Kier alpha value is -1.52. The van der Waals surface area contributed by atoms with Crippen molar-refractivity contribution in [3.8, 4) is 0 Å². The summed E-state index contributed by atoms with van der Waals surface area (Å²) >= 11 is 0. The molecule has 94 valence electrons. The van der Waals surface area contributed by atoms with Crippen molar-refractivity contribution in [1.82, 2.24) is 10.2 Å². The van der Waals surface area contributed by atoms with Crippen LogP contribution in [0.1, 0.15) is 25.7 Å². The molecule has 0 bridgehead atoms. The van der Waals surface area contributed by atoms with Crippen LogP contribution in [0.25, 0.3) is 0 Å². The molecule has 0 aromatic heterocycles. The standard InChI is InChI=1S/C12H18N2O3/c15-11(16)9-4-5-10(8-9)13-12(17)14-6-2-1-3-7-14/h1-2,9-10H,3-8H2,(H,13,17)(H,15,16). The monoisotopic (exact) mass is 238 g/mol. The van der Waals surface area contributed by atoms with Crippen LogP contribution in [0.15, 0.2) is 12.2 Å². The van der Waals surface area contributed by atoms with E-state index in [0.29, 0.717) is 19.4 Å². The Bertz CT molecular complexity index is 341. The lowest BCUT2D eigenvalue weighted by atomic mass is 10.1. The molecule has 2 amide bonds. The van der Waals surface area contributed by atoms with Gasteiger partial charge in [-0.05, 0) is 25.7 Å². The van der Waals surface area contributed by atoms with Crippen LogP contribution in [-0.2, 0) is 4.79 Å². The highest BCUT2D eigenvalue weighted by atomic mass is 16.4. The van der Waals surface area contributed by atoms with Crippen LogP contribution in [0.3, 0.4) is 0 Å². The molecule has 1 aliphatic heterocycles. The third kappa shape index (κ3) is 2.99. The van der Waals surface area contributed by atoms with E-state index >= 15 is 0 Å².